The summed E-state index contributed by atoms with van der Waals surface area (Å²) in [6, 6.07) is 0. The molecular weight excluding hydrogens is 130 g/mol. The van der Waals surface area contributed by atoms with Crippen molar-refractivity contribution in [1.82, 2.24) is 0 Å². The Bertz CT molecular complexity index is 121. The number of carboxylic acid groups (broad SMARTS) is 1. The Morgan fingerprint density at radius 2 is 2.38 bits per heavy atom. The van der Waals surface area contributed by atoms with Crippen molar-refractivity contribution in [2.75, 3.05) is 5.88 Å². The molecule has 3 N–H and O–H groups in total. The zero-order valence-electron chi connectivity index (χ0n) is 4.10. The number of halogens is 1. The maximum Gasteiger partial charge on any atom is 0.330 e. The Hall–Kier alpha value is -0.700. The van der Waals surface area contributed by atoms with Gasteiger partial charge in [-0.05, 0) is 0 Å². The molecule has 0 radical (unpaired) electrons. The van der Waals surface area contributed by atoms with Crippen molar-refractivity contribution in [3.8, 4) is 0 Å². The van der Waals surface area contributed by atoms with Crippen LogP contribution in [0, 0.1) is 0 Å². The van der Waals surface area contributed by atoms with Crippen molar-refractivity contribution in [2.24, 2.45) is 5.73 Å². The van der Waals surface area contributed by atoms with Crippen LogP contribution in [0.2, 0.25) is 0 Å². The van der Waals surface area contributed by atoms with Crippen LogP contribution in [0.25, 0.3) is 0 Å². The van der Waals surface area contributed by atoms with Crippen LogP contribution in [0.1, 0.15) is 0 Å². The molecule has 46 valence electrons. The standard InChI is InChI=1S/C4H6ClNO2/c5-2-3(6)1-4(7)8/h1H,2,6H2,(H,7,8)/b3-1+. The molecule has 0 aliphatic rings. The lowest BCUT2D eigenvalue weighted by Gasteiger charge is -1.86. The lowest BCUT2D eigenvalue weighted by Crippen LogP contribution is -2.02. The number of carboxylic acids is 1. The monoisotopic (exact) mass is 135 g/mol. The number of aliphatic carboxylic acids is 1. The van der Waals surface area contributed by atoms with Crippen LogP contribution in [0.3, 0.4) is 0 Å². The Morgan fingerprint density at radius 3 is 2.50 bits per heavy atom. The van der Waals surface area contributed by atoms with Crippen molar-refractivity contribution >= 4 is 17.6 Å². The average Bonchev–Trinajstić information content (AvgIpc) is 1.65. The van der Waals surface area contributed by atoms with E-state index in [4.69, 9.17) is 22.4 Å². The van der Waals surface area contributed by atoms with E-state index in [0.717, 1.165) is 6.08 Å². The second kappa shape index (κ2) is 3.32. The molecule has 0 heterocycles. The van der Waals surface area contributed by atoms with E-state index in [1.54, 1.807) is 0 Å². The highest BCUT2D eigenvalue weighted by atomic mass is 35.5. The van der Waals surface area contributed by atoms with Gasteiger partial charge in [-0.15, -0.1) is 11.6 Å². The lowest BCUT2D eigenvalue weighted by atomic mass is 10.4. The lowest BCUT2D eigenvalue weighted by molar-refractivity contribution is -0.131. The minimum atomic E-state index is -1.07. The second-order valence-electron chi connectivity index (χ2n) is 1.19. The summed E-state index contributed by atoms with van der Waals surface area (Å²) in [4.78, 5) is 9.75. The molecule has 0 rings (SSSR count). The molecule has 0 atom stereocenters. The fourth-order valence-electron chi connectivity index (χ4n) is 0.197. The van der Waals surface area contributed by atoms with Crippen LogP contribution in [0.4, 0.5) is 0 Å². The molecule has 3 nitrogen and oxygen atoms in total. The fraction of sp³-hybridized carbons (Fsp3) is 0.250. The highest BCUT2D eigenvalue weighted by Crippen LogP contribution is 1.85. The van der Waals surface area contributed by atoms with Crippen molar-refractivity contribution in [3.05, 3.63) is 11.8 Å². The smallest absolute Gasteiger partial charge is 0.330 e. The van der Waals surface area contributed by atoms with Crippen LogP contribution < -0.4 is 5.73 Å². The summed E-state index contributed by atoms with van der Waals surface area (Å²) >= 11 is 5.14. The molecule has 0 amide bonds. The van der Waals surface area contributed by atoms with E-state index in [9.17, 15) is 4.79 Å². The largest absolute Gasteiger partial charge is 0.478 e. The maximum absolute atomic E-state index is 9.75. The molecule has 0 spiro atoms. The molecule has 8 heavy (non-hydrogen) atoms. The molecule has 0 saturated heterocycles. The van der Waals surface area contributed by atoms with Crippen molar-refractivity contribution < 1.29 is 9.90 Å². The predicted molar refractivity (Wildman–Crippen MR) is 30.6 cm³/mol. The van der Waals surface area contributed by atoms with E-state index in [1.807, 2.05) is 0 Å². The summed E-state index contributed by atoms with van der Waals surface area (Å²) in [7, 11) is 0. The number of alkyl halides is 1. The van der Waals surface area contributed by atoms with E-state index in [0.29, 0.717) is 0 Å². The highest BCUT2D eigenvalue weighted by molar-refractivity contribution is 6.19. The van der Waals surface area contributed by atoms with Crippen LogP contribution in [0.15, 0.2) is 11.8 Å². The first-order chi connectivity index (χ1) is 3.66. The molecule has 0 aromatic carbocycles. The Morgan fingerprint density at radius 1 is 1.88 bits per heavy atom. The summed E-state index contributed by atoms with van der Waals surface area (Å²) < 4.78 is 0. The third-order valence-corrected chi connectivity index (χ3v) is 0.772. The molecule has 0 aromatic rings. The highest BCUT2D eigenvalue weighted by Gasteiger charge is 1.89. The average molecular weight is 136 g/mol. The van der Waals surface area contributed by atoms with Crippen LogP contribution >= 0.6 is 11.6 Å². The van der Waals surface area contributed by atoms with Crippen molar-refractivity contribution in [3.63, 3.8) is 0 Å². The van der Waals surface area contributed by atoms with Crippen LogP contribution in [-0.4, -0.2) is 17.0 Å². The molecule has 0 bridgehead atoms. The van der Waals surface area contributed by atoms with E-state index >= 15 is 0 Å². The molecule has 0 unspecified atom stereocenters. The van der Waals surface area contributed by atoms with Crippen LogP contribution in [-0.2, 0) is 4.79 Å². The van der Waals surface area contributed by atoms with Gasteiger partial charge in [0.15, 0.2) is 0 Å². The minimum absolute atomic E-state index is 0.0618. The number of hydrogen-bond donors (Lipinski definition) is 2. The second-order valence-corrected chi connectivity index (χ2v) is 1.46. The number of carbonyl (C=O) groups is 1. The van der Waals surface area contributed by atoms with Gasteiger partial charge >= 0.3 is 5.97 Å². The van der Waals surface area contributed by atoms with Crippen molar-refractivity contribution in [2.45, 2.75) is 0 Å². The fourth-order valence-corrected chi connectivity index (χ4v) is 0.274. The molecule has 0 aliphatic carbocycles. The van der Waals surface area contributed by atoms with Crippen LogP contribution in [0.5, 0.6) is 0 Å². The van der Waals surface area contributed by atoms with E-state index < -0.39 is 5.97 Å². The zero-order valence-corrected chi connectivity index (χ0v) is 4.85. The van der Waals surface area contributed by atoms with Crippen molar-refractivity contribution in [1.29, 1.82) is 0 Å². The Balaban J connectivity index is 3.75. The quantitative estimate of drug-likeness (QED) is 0.419. The normalized spacial score (nSPS) is 11.4. The van der Waals surface area contributed by atoms with Gasteiger partial charge < -0.3 is 10.8 Å². The first kappa shape index (κ1) is 7.30. The third kappa shape index (κ3) is 3.49. The molecule has 4 heteroatoms. The summed E-state index contributed by atoms with van der Waals surface area (Å²) in [5.74, 6) is -1.00. The third-order valence-electron chi connectivity index (χ3n) is 0.463. The predicted octanol–water partition coefficient (Wildman–Crippen LogP) is 0.152. The number of hydrogen-bond acceptors (Lipinski definition) is 2. The van der Waals surface area contributed by atoms with Gasteiger partial charge in [0.1, 0.15) is 0 Å². The minimum Gasteiger partial charge on any atom is -0.478 e. The summed E-state index contributed by atoms with van der Waals surface area (Å²) in [5.41, 5.74) is 5.19. The van der Waals surface area contributed by atoms with Gasteiger partial charge in [-0.2, -0.15) is 0 Å². The molecule has 0 fully saturated rings. The van der Waals surface area contributed by atoms with E-state index in [2.05, 4.69) is 0 Å². The first-order valence-corrected chi connectivity index (χ1v) is 2.45. The Labute approximate surface area is 51.7 Å². The zero-order chi connectivity index (χ0) is 6.57. The SMILES string of the molecule is N/C(=C/C(=O)O)CCl. The molecule has 0 aliphatic heterocycles. The number of rotatable bonds is 2. The Kier molecular flexibility index (Phi) is 3.03. The van der Waals surface area contributed by atoms with Gasteiger partial charge in [-0.3, -0.25) is 0 Å². The first-order valence-electron chi connectivity index (χ1n) is 1.91. The van der Waals surface area contributed by atoms with Gasteiger partial charge in [0, 0.05) is 11.8 Å². The summed E-state index contributed by atoms with van der Waals surface area (Å²) in [6.07, 6.45) is 0.868. The van der Waals surface area contributed by atoms with Gasteiger partial charge in [0.2, 0.25) is 0 Å². The number of allylic oxidation sites excluding steroid dienone is 1. The van der Waals surface area contributed by atoms with E-state index in [1.165, 1.54) is 0 Å². The molecule has 0 aromatic heterocycles. The van der Waals surface area contributed by atoms with Gasteiger partial charge in [0.25, 0.3) is 0 Å². The number of nitrogens with two attached hydrogens (primary N) is 1. The maximum atomic E-state index is 9.75. The molecule has 0 saturated carbocycles. The van der Waals surface area contributed by atoms with Gasteiger partial charge in [-0.1, -0.05) is 0 Å². The summed E-state index contributed by atoms with van der Waals surface area (Å²) in [5, 5.41) is 8.00. The van der Waals surface area contributed by atoms with E-state index in [-0.39, 0.29) is 11.6 Å². The van der Waals surface area contributed by atoms with Gasteiger partial charge in [0.05, 0.1) is 5.88 Å². The van der Waals surface area contributed by atoms with Gasteiger partial charge in [-0.25, -0.2) is 4.79 Å². The molecular formula is C4H6ClNO2. The topological polar surface area (TPSA) is 63.3 Å². The summed E-state index contributed by atoms with van der Waals surface area (Å²) in [6.45, 7) is 0.